The van der Waals surface area contributed by atoms with E-state index >= 15 is 0 Å². The van der Waals surface area contributed by atoms with Crippen LogP contribution in [0, 0.1) is 0 Å². The summed E-state index contributed by atoms with van der Waals surface area (Å²) < 4.78 is 5.40. The number of hydrogen-bond acceptors (Lipinski definition) is 5. The molecule has 0 saturated heterocycles. The molecule has 0 aromatic rings. The van der Waals surface area contributed by atoms with Crippen LogP contribution in [0.5, 0.6) is 0 Å². The lowest BCUT2D eigenvalue weighted by Gasteiger charge is -2.24. The van der Waals surface area contributed by atoms with E-state index in [4.69, 9.17) is 4.74 Å². The summed E-state index contributed by atoms with van der Waals surface area (Å²) in [6, 6.07) is 0. The summed E-state index contributed by atoms with van der Waals surface area (Å²) in [6.45, 7) is 13.8. The second-order valence-electron chi connectivity index (χ2n) is 8.22. The monoisotopic (exact) mass is 382 g/mol. The number of carbonyl (C=O) groups excluding carboxylic acids is 1. The number of allylic oxidation sites excluding steroid dienone is 2. The van der Waals surface area contributed by atoms with Gasteiger partial charge < -0.3 is 20.1 Å². The first-order valence-electron chi connectivity index (χ1n) is 9.53. The van der Waals surface area contributed by atoms with E-state index < -0.39 is 17.3 Å². The van der Waals surface area contributed by atoms with Gasteiger partial charge in [-0.1, -0.05) is 23.3 Å². The molecule has 156 valence electrons. The van der Waals surface area contributed by atoms with Crippen molar-refractivity contribution in [3.8, 4) is 0 Å². The van der Waals surface area contributed by atoms with Crippen molar-refractivity contribution < 1.29 is 24.9 Å². The minimum absolute atomic E-state index is 0.344. The Balaban J connectivity index is 4.86. The Kier molecular flexibility index (Phi) is 10.8. The lowest BCUT2D eigenvalue weighted by atomic mass is 9.95. The molecule has 5 nitrogen and oxygen atoms in total. The summed E-state index contributed by atoms with van der Waals surface area (Å²) in [5.41, 5.74) is 0.0411. The van der Waals surface area contributed by atoms with Crippen molar-refractivity contribution >= 4 is 5.97 Å². The highest BCUT2D eigenvalue weighted by atomic mass is 16.5. The minimum Gasteiger partial charge on any atom is -0.458 e. The molecule has 0 spiro atoms. The molecule has 0 aromatic heterocycles. The van der Waals surface area contributed by atoms with Gasteiger partial charge in [0.15, 0.2) is 0 Å². The molecule has 0 aromatic carbocycles. The van der Waals surface area contributed by atoms with Gasteiger partial charge in [-0.3, -0.25) is 4.79 Å². The van der Waals surface area contributed by atoms with Gasteiger partial charge in [0.2, 0.25) is 0 Å². The van der Waals surface area contributed by atoms with E-state index in [-0.39, 0.29) is 12.1 Å². The Morgan fingerprint density at radius 3 is 2.22 bits per heavy atom. The smallest absolute Gasteiger partial charge is 0.303 e. The number of aliphatic hydroxyl groups excluding tert-OH is 1. The van der Waals surface area contributed by atoms with Crippen LogP contribution in [-0.4, -0.2) is 44.7 Å². The highest BCUT2D eigenvalue weighted by Gasteiger charge is 2.24. The molecule has 0 bridgehead atoms. The van der Waals surface area contributed by atoms with E-state index in [0.29, 0.717) is 32.1 Å². The molecule has 0 aliphatic heterocycles. The number of esters is 1. The molecule has 0 saturated carbocycles. The molecule has 0 aliphatic carbocycles. The second-order valence-corrected chi connectivity index (χ2v) is 8.22. The molecule has 0 heterocycles. The largest absolute Gasteiger partial charge is 0.458 e. The fourth-order valence-electron chi connectivity index (χ4n) is 2.58. The van der Waals surface area contributed by atoms with Gasteiger partial charge in [0.25, 0.3) is 0 Å². The molecule has 0 fully saturated rings. The number of hydrogen-bond donors (Lipinski definition) is 3. The topological polar surface area (TPSA) is 87.0 Å². The van der Waals surface area contributed by atoms with Crippen molar-refractivity contribution in [2.24, 2.45) is 0 Å². The maximum Gasteiger partial charge on any atom is 0.303 e. The highest BCUT2D eigenvalue weighted by molar-refractivity contribution is 5.66. The maximum atomic E-state index is 11.4. The van der Waals surface area contributed by atoms with Gasteiger partial charge in [0.05, 0.1) is 17.3 Å². The second kappa shape index (κ2) is 11.4. The van der Waals surface area contributed by atoms with E-state index in [1.807, 2.05) is 26.0 Å². The zero-order valence-corrected chi connectivity index (χ0v) is 17.8. The highest BCUT2D eigenvalue weighted by Crippen LogP contribution is 2.20. The van der Waals surface area contributed by atoms with Gasteiger partial charge in [-0.05, 0) is 66.4 Å². The van der Waals surface area contributed by atoms with Gasteiger partial charge in [-0.2, -0.15) is 0 Å². The van der Waals surface area contributed by atoms with Crippen LogP contribution >= 0.6 is 0 Å². The summed E-state index contributed by atoms with van der Waals surface area (Å²) >= 11 is 0. The molecular weight excluding hydrogens is 344 g/mol. The van der Waals surface area contributed by atoms with Crippen LogP contribution in [0.25, 0.3) is 0 Å². The van der Waals surface area contributed by atoms with Crippen LogP contribution in [0.1, 0.15) is 73.6 Å². The standard InChI is InChI=1S/C22H38O5/c1-8-22(7,26)13-9-10-16(2)14-19(27-18(4)23)15-17(3)11-12-20(24)21(5,6)25/h8,10,15,19-20,24-26H,1,9,11-14H2,2-7H3/b16-10+,17-15+/t19-,20-,22+/m0/s1. The van der Waals surface area contributed by atoms with Crippen LogP contribution in [-0.2, 0) is 9.53 Å². The number of ether oxygens (including phenoxy) is 1. The molecule has 0 aliphatic rings. The summed E-state index contributed by atoms with van der Waals surface area (Å²) in [6.07, 6.45) is 7.18. The van der Waals surface area contributed by atoms with E-state index in [0.717, 1.165) is 11.1 Å². The number of aliphatic hydroxyl groups is 3. The number of carbonyl (C=O) groups is 1. The van der Waals surface area contributed by atoms with Gasteiger partial charge in [0.1, 0.15) is 6.10 Å². The predicted molar refractivity (Wildman–Crippen MR) is 109 cm³/mol. The minimum atomic E-state index is -1.14. The molecular formula is C22H38O5. The Morgan fingerprint density at radius 1 is 1.15 bits per heavy atom. The van der Waals surface area contributed by atoms with Crippen LogP contribution in [0.15, 0.2) is 36.0 Å². The van der Waals surface area contributed by atoms with Gasteiger partial charge >= 0.3 is 5.97 Å². The zero-order valence-electron chi connectivity index (χ0n) is 17.8. The molecule has 0 amide bonds. The van der Waals surface area contributed by atoms with Crippen LogP contribution in [0.3, 0.4) is 0 Å². The number of rotatable bonds is 12. The molecule has 5 heteroatoms. The summed E-state index contributed by atoms with van der Waals surface area (Å²) in [5.74, 6) is -0.344. The average molecular weight is 383 g/mol. The van der Waals surface area contributed by atoms with E-state index in [2.05, 4.69) is 6.58 Å². The van der Waals surface area contributed by atoms with Crippen LogP contribution in [0.2, 0.25) is 0 Å². The van der Waals surface area contributed by atoms with E-state index in [1.165, 1.54) is 13.0 Å². The van der Waals surface area contributed by atoms with Crippen molar-refractivity contribution in [2.45, 2.75) is 97.1 Å². The molecule has 27 heavy (non-hydrogen) atoms. The normalized spacial score (nSPS) is 17.8. The molecule has 3 N–H and O–H groups in total. The van der Waals surface area contributed by atoms with E-state index in [9.17, 15) is 20.1 Å². The summed E-state index contributed by atoms with van der Waals surface area (Å²) in [4.78, 5) is 11.4. The predicted octanol–water partition coefficient (Wildman–Crippen LogP) is 3.83. The first kappa shape index (κ1) is 25.6. The van der Waals surface area contributed by atoms with Crippen LogP contribution in [0.4, 0.5) is 0 Å². The average Bonchev–Trinajstić information content (AvgIpc) is 2.50. The molecule has 3 atom stereocenters. The Morgan fingerprint density at radius 2 is 1.74 bits per heavy atom. The fraction of sp³-hybridized carbons (Fsp3) is 0.682. The fourth-order valence-corrected chi connectivity index (χ4v) is 2.58. The van der Waals surface area contributed by atoms with Crippen LogP contribution < -0.4 is 0 Å². The summed E-state index contributed by atoms with van der Waals surface area (Å²) in [5, 5.41) is 29.7. The first-order chi connectivity index (χ1) is 12.3. The molecule has 0 rings (SSSR count). The Bertz CT molecular complexity index is 537. The summed E-state index contributed by atoms with van der Waals surface area (Å²) in [7, 11) is 0. The lowest BCUT2D eigenvalue weighted by molar-refractivity contribution is -0.144. The zero-order chi connectivity index (χ0) is 21.3. The van der Waals surface area contributed by atoms with Gasteiger partial charge in [-0.25, -0.2) is 0 Å². The first-order valence-corrected chi connectivity index (χ1v) is 9.53. The maximum absolute atomic E-state index is 11.4. The van der Waals surface area contributed by atoms with Crippen molar-refractivity contribution in [3.05, 3.63) is 36.0 Å². The molecule has 0 unspecified atom stereocenters. The van der Waals surface area contributed by atoms with E-state index in [1.54, 1.807) is 20.8 Å². The van der Waals surface area contributed by atoms with Crippen molar-refractivity contribution in [1.29, 1.82) is 0 Å². The quantitative estimate of drug-likeness (QED) is 0.353. The third kappa shape index (κ3) is 12.6. The Labute approximate surface area is 164 Å². The van der Waals surface area contributed by atoms with Crippen molar-refractivity contribution in [3.63, 3.8) is 0 Å². The third-order valence-corrected chi connectivity index (χ3v) is 4.52. The van der Waals surface area contributed by atoms with Crippen molar-refractivity contribution in [1.82, 2.24) is 0 Å². The SMILES string of the molecule is C=C[C@@](C)(O)CC/C=C(\C)C[C@@H](/C=C(\C)CC[C@H](O)C(C)(C)O)OC(C)=O. The van der Waals surface area contributed by atoms with Gasteiger partial charge in [0, 0.05) is 13.3 Å². The van der Waals surface area contributed by atoms with Crippen molar-refractivity contribution in [2.75, 3.05) is 0 Å². The third-order valence-electron chi connectivity index (χ3n) is 4.52. The molecule has 0 radical (unpaired) electrons. The Hall–Kier alpha value is -1.43. The van der Waals surface area contributed by atoms with Gasteiger partial charge in [-0.15, -0.1) is 6.58 Å². The lowest BCUT2D eigenvalue weighted by Crippen LogP contribution is -2.35.